The van der Waals surface area contributed by atoms with E-state index >= 15 is 0 Å². The van der Waals surface area contributed by atoms with Crippen molar-refractivity contribution in [3.8, 4) is 11.5 Å². The molecule has 2 atom stereocenters. The van der Waals surface area contributed by atoms with Crippen molar-refractivity contribution in [1.29, 1.82) is 0 Å². The molecule has 0 radical (unpaired) electrons. The van der Waals surface area contributed by atoms with Gasteiger partial charge in [-0.05, 0) is 104 Å². The van der Waals surface area contributed by atoms with E-state index in [0.717, 1.165) is 58.3 Å². The SMILES string of the molecule is CCN(C(=O)[C@H](Cc1cc(F)cc(F)c1)NC(=O)NS(=O)(=O)N[C@@H](Cc1cc(F)cc(F)c1)C(=O)N(CC)c1ccc(OC(F)F)cc1)c1ccc(OC(F)F)cc1. The molecule has 4 aromatic rings. The molecule has 312 valence electrons. The number of likely N-dealkylation sites (N-methyl/N-ethyl adjacent to an activating group) is 2. The molecule has 4 aromatic carbocycles. The third-order valence-corrected chi connectivity index (χ3v) is 9.11. The number of alkyl halides is 4. The van der Waals surface area contributed by atoms with Crippen molar-refractivity contribution in [1.82, 2.24) is 14.8 Å². The molecule has 12 nitrogen and oxygen atoms in total. The maximum absolute atomic E-state index is 14.1. The van der Waals surface area contributed by atoms with E-state index in [-0.39, 0.29) is 47.1 Å². The highest BCUT2D eigenvalue weighted by atomic mass is 32.2. The van der Waals surface area contributed by atoms with Crippen molar-refractivity contribution >= 4 is 39.4 Å². The van der Waals surface area contributed by atoms with Gasteiger partial charge < -0.3 is 24.6 Å². The molecule has 0 aromatic heterocycles. The van der Waals surface area contributed by atoms with Gasteiger partial charge in [0.2, 0.25) is 11.8 Å². The first-order chi connectivity index (χ1) is 27.4. The van der Waals surface area contributed by atoms with E-state index < -0.39 is 89.5 Å². The van der Waals surface area contributed by atoms with Crippen LogP contribution in [0.5, 0.6) is 11.5 Å². The van der Waals surface area contributed by atoms with E-state index in [9.17, 15) is 57.9 Å². The summed E-state index contributed by atoms with van der Waals surface area (Å²) < 4.78 is 146. The molecule has 0 heterocycles. The lowest BCUT2D eigenvalue weighted by molar-refractivity contribution is -0.120. The highest BCUT2D eigenvalue weighted by molar-refractivity contribution is 7.88. The molecule has 4 rings (SSSR count). The molecule has 58 heavy (non-hydrogen) atoms. The third kappa shape index (κ3) is 13.0. The summed E-state index contributed by atoms with van der Waals surface area (Å²) >= 11 is 0. The van der Waals surface area contributed by atoms with E-state index in [1.807, 2.05) is 4.72 Å². The summed E-state index contributed by atoms with van der Waals surface area (Å²) in [6.07, 6.45) is -1.28. The summed E-state index contributed by atoms with van der Waals surface area (Å²) in [5.74, 6) is -6.66. The van der Waals surface area contributed by atoms with Crippen molar-refractivity contribution in [3.63, 3.8) is 0 Å². The first kappa shape index (κ1) is 44.8. The number of ether oxygens (including phenoxy) is 2. The van der Waals surface area contributed by atoms with Crippen LogP contribution in [0.1, 0.15) is 25.0 Å². The average Bonchev–Trinajstić information content (AvgIpc) is 3.11. The fourth-order valence-electron chi connectivity index (χ4n) is 5.76. The third-order valence-electron chi connectivity index (χ3n) is 8.06. The van der Waals surface area contributed by atoms with Gasteiger partial charge in [0.1, 0.15) is 46.9 Å². The van der Waals surface area contributed by atoms with Crippen LogP contribution in [0.15, 0.2) is 84.9 Å². The van der Waals surface area contributed by atoms with Gasteiger partial charge >= 0.3 is 29.5 Å². The Morgan fingerprint density at radius 3 is 1.33 bits per heavy atom. The second-order valence-electron chi connectivity index (χ2n) is 12.2. The van der Waals surface area contributed by atoms with Crippen LogP contribution in [-0.2, 0) is 32.6 Å². The largest absolute Gasteiger partial charge is 0.435 e. The monoisotopic (exact) mass is 845 g/mol. The average molecular weight is 846 g/mol. The Kier molecular flexibility index (Phi) is 15.4. The van der Waals surface area contributed by atoms with Crippen molar-refractivity contribution in [2.24, 2.45) is 0 Å². The van der Waals surface area contributed by atoms with Crippen LogP contribution in [0.3, 0.4) is 0 Å². The van der Waals surface area contributed by atoms with Crippen molar-refractivity contribution in [2.75, 3.05) is 22.9 Å². The normalized spacial score (nSPS) is 12.5. The van der Waals surface area contributed by atoms with E-state index in [2.05, 4.69) is 14.8 Å². The van der Waals surface area contributed by atoms with Gasteiger partial charge in [-0.2, -0.15) is 30.7 Å². The molecular weight excluding hydrogens is 810 g/mol. The molecule has 0 aliphatic carbocycles. The Labute approximate surface area is 326 Å². The highest BCUT2D eigenvalue weighted by Gasteiger charge is 2.32. The predicted molar refractivity (Wildman–Crippen MR) is 194 cm³/mol. The molecule has 21 heteroatoms. The van der Waals surface area contributed by atoms with E-state index in [1.165, 1.54) is 38.1 Å². The zero-order chi connectivity index (χ0) is 42.7. The van der Waals surface area contributed by atoms with Crippen molar-refractivity contribution in [2.45, 2.75) is 52.0 Å². The molecule has 3 N–H and O–H groups in total. The molecule has 0 aliphatic heterocycles. The van der Waals surface area contributed by atoms with Gasteiger partial charge in [0.15, 0.2) is 0 Å². The minimum absolute atomic E-state index is 0.0706. The quantitative estimate of drug-likeness (QED) is 0.101. The van der Waals surface area contributed by atoms with E-state index in [1.54, 1.807) is 4.72 Å². The molecule has 0 fully saturated rings. The topological polar surface area (TPSA) is 146 Å². The van der Waals surface area contributed by atoms with Gasteiger partial charge in [-0.25, -0.2) is 27.1 Å². The zero-order valence-corrected chi connectivity index (χ0v) is 31.2. The number of hydrogen-bond acceptors (Lipinski definition) is 7. The van der Waals surface area contributed by atoms with Gasteiger partial charge in [-0.3, -0.25) is 9.59 Å². The lowest BCUT2D eigenvalue weighted by atomic mass is 10.0. The second kappa shape index (κ2) is 19.9. The summed E-state index contributed by atoms with van der Waals surface area (Å²) in [6.45, 7) is -3.56. The van der Waals surface area contributed by atoms with Crippen LogP contribution in [0.4, 0.5) is 51.3 Å². The van der Waals surface area contributed by atoms with Gasteiger partial charge in [-0.1, -0.05) is 0 Å². The summed E-state index contributed by atoms with van der Waals surface area (Å²) in [7, 11) is -5.13. The number of nitrogens with zero attached hydrogens (tertiary/aromatic N) is 2. The minimum atomic E-state index is -5.13. The van der Waals surface area contributed by atoms with Crippen LogP contribution >= 0.6 is 0 Å². The first-order valence-corrected chi connectivity index (χ1v) is 18.6. The number of halogens is 8. The van der Waals surface area contributed by atoms with Crippen LogP contribution in [-0.4, -0.2) is 64.7 Å². The predicted octanol–water partition coefficient (Wildman–Crippen LogP) is 6.21. The number of amides is 4. The number of rotatable bonds is 18. The van der Waals surface area contributed by atoms with Crippen LogP contribution < -0.4 is 34.0 Å². The molecular formula is C37H35F8N5O7S. The minimum Gasteiger partial charge on any atom is -0.435 e. The number of anilines is 2. The summed E-state index contributed by atoms with van der Waals surface area (Å²) in [5, 5.41) is 2.14. The highest BCUT2D eigenvalue weighted by Crippen LogP contribution is 2.24. The summed E-state index contributed by atoms with van der Waals surface area (Å²) in [6, 6.07) is 8.61. The Morgan fingerprint density at radius 2 is 0.966 bits per heavy atom. The smallest absolute Gasteiger partial charge is 0.387 e. The maximum Gasteiger partial charge on any atom is 0.387 e. The Balaban J connectivity index is 1.62. The number of carbonyl (C=O) groups is 3. The molecule has 0 spiro atoms. The fourth-order valence-corrected chi connectivity index (χ4v) is 6.68. The molecule has 0 aliphatic rings. The molecule has 0 saturated heterocycles. The Morgan fingerprint density at radius 1 is 0.603 bits per heavy atom. The van der Waals surface area contributed by atoms with Crippen molar-refractivity contribution < 1.29 is 67.4 Å². The lowest BCUT2D eigenvalue weighted by Gasteiger charge is -2.28. The van der Waals surface area contributed by atoms with Gasteiger partial charge in [-0.15, -0.1) is 0 Å². The maximum atomic E-state index is 14.1. The first-order valence-electron chi connectivity index (χ1n) is 17.1. The Bertz CT molecular complexity index is 2130. The van der Waals surface area contributed by atoms with E-state index in [0.29, 0.717) is 12.1 Å². The number of benzene rings is 4. The molecule has 0 unspecified atom stereocenters. The van der Waals surface area contributed by atoms with Gasteiger partial charge in [0.25, 0.3) is 0 Å². The lowest BCUT2D eigenvalue weighted by Crippen LogP contribution is -2.57. The van der Waals surface area contributed by atoms with Crippen molar-refractivity contribution in [3.05, 3.63) is 119 Å². The van der Waals surface area contributed by atoms with Crippen LogP contribution in [0.2, 0.25) is 0 Å². The second-order valence-corrected chi connectivity index (χ2v) is 13.6. The summed E-state index contributed by atoms with van der Waals surface area (Å²) in [5.41, 5.74) is -0.162. The molecule has 4 amide bonds. The number of hydrogen-bond donors (Lipinski definition) is 3. The van der Waals surface area contributed by atoms with E-state index in [4.69, 9.17) is 0 Å². The number of nitrogens with one attached hydrogen (secondary N) is 3. The Hall–Kier alpha value is -5.96. The molecule has 0 saturated carbocycles. The fraction of sp³-hybridized carbons (Fsp3) is 0.270. The van der Waals surface area contributed by atoms with Crippen LogP contribution in [0.25, 0.3) is 0 Å². The number of carbonyl (C=O) groups excluding carboxylic acids is 3. The van der Waals surface area contributed by atoms with Gasteiger partial charge in [0, 0.05) is 43.0 Å². The number of urea groups is 1. The zero-order valence-electron chi connectivity index (χ0n) is 30.4. The molecule has 0 bridgehead atoms. The standard InChI is InChI=1S/C37H35F8N5O7S/c1-3-49(27-5-9-29(10-6-27)56-35(42)43)33(51)31(17-21-13-23(38)19-24(39)14-21)46-37(53)48-58(54,55)47-32(18-22-15-25(40)20-26(41)16-22)34(52)50(4-2)28-7-11-30(12-8-28)57-36(44)45/h5-16,19-20,31-32,35-36,47H,3-4,17-18H2,1-2H3,(H2,46,48,53)/t31-,32-/m0/s1. The van der Waals surface area contributed by atoms with Gasteiger partial charge in [0.05, 0.1) is 0 Å². The van der Waals surface area contributed by atoms with Crippen LogP contribution in [0, 0.1) is 23.3 Å². The summed E-state index contributed by atoms with van der Waals surface area (Å²) in [4.78, 5) is 43.1.